The predicted molar refractivity (Wildman–Crippen MR) is 117 cm³/mol. The van der Waals surface area contributed by atoms with E-state index in [4.69, 9.17) is 9.47 Å². The fourth-order valence-electron chi connectivity index (χ4n) is 2.76. The van der Waals surface area contributed by atoms with E-state index in [1.807, 2.05) is 54.6 Å². The highest BCUT2D eigenvalue weighted by Crippen LogP contribution is 2.19. The van der Waals surface area contributed by atoms with Gasteiger partial charge >= 0.3 is 0 Å². The molecule has 0 atom stereocenters. The Hall–Kier alpha value is -3.27. The Labute approximate surface area is 172 Å². The molecule has 3 aromatic carbocycles. The first-order chi connectivity index (χ1) is 14.1. The maximum absolute atomic E-state index is 12.5. The Kier molecular flexibility index (Phi) is 7.28. The van der Waals surface area contributed by atoms with E-state index >= 15 is 0 Å². The second-order valence-corrected chi connectivity index (χ2v) is 7.30. The number of carbonyl (C=O) groups is 1. The van der Waals surface area contributed by atoms with Gasteiger partial charge in [0, 0.05) is 23.7 Å². The normalized spacial score (nSPS) is 10.6. The summed E-state index contributed by atoms with van der Waals surface area (Å²) in [7, 11) is 0. The smallest absolute Gasteiger partial charge is 0.255 e. The van der Waals surface area contributed by atoms with Crippen molar-refractivity contribution >= 4 is 11.6 Å². The molecule has 0 bridgehead atoms. The van der Waals surface area contributed by atoms with Gasteiger partial charge in [0.25, 0.3) is 5.91 Å². The van der Waals surface area contributed by atoms with Crippen LogP contribution in [0.15, 0.2) is 78.9 Å². The van der Waals surface area contributed by atoms with Crippen LogP contribution in [0.4, 0.5) is 5.69 Å². The maximum atomic E-state index is 12.5. The van der Waals surface area contributed by atoms with E-state index in [2.05, 4.69) is 31.3 Å². The van der Waals surface area contributed by atoms with Crippen LogP contribution in [-0.2, 0) is 6.42 Å². The van der Waals surface area contributed by atoms with E-state index in [9.17, 15) is 4.79 Å². The van der Waals surface area contributed by atoms with E-state index in [1.165, 1.54) is 5.56 Å². The minimum Gasteiger partial charge on any atom is -0.493 e. The van der Waals surface area contributed by atoms with Crippen molar-refractivity contribution in [2.45, 2.75) is 20.3 Å². The van der Waals surface area contributed by atoms with Gasteiger partial charge in [-0.3, -0.25) is 4.79 Å². The summed E-state index contributed by atoms with van der Waals surface area (Å²) in [5.41, 5.74) is 2.52. The summed E-state index contributed by atoms with van der Waals surface area (Å²) in [5.74, 6) is 1.78. The molecule has 0 radical (unpaired) electrons. The largest absolute Gasteiger partial charge is 0.493 e. The summed E-state index contributed by atoms with van der Waals surface area (Å²) < 4.78 is 11.5. The Morgan fingerprint density at radius 2 is 1.62 bits per heavy atom. The van der Waals surface area contributed by atoms with Crippen molar-refractivity contribution in [3.05, 3.63) is 90.0 Å². The van der Waals surface area contributed by atoms with E-state index in [0.29, 0.717) is 30.4 Å². The van der Waals surface area contributed by atoms with Crippen LogP contribution in [0.5, 0.6) is 11.5 Å². The molecule has 0 unspecified atom stereocenters. The molecule has 29 heavy (non-hydrogen) atoms. The van der Waals surface area contributed by atoms with Gasteiger partial charge in [-0.2, -0.15) is 0 Å². The molecule has 3 rings (SSSR count). The lowest BCUT2D eigenvalue weighted by Crippen LogP contribution is -2.12. The van der Waals surface area contributed by atoms with Gasteiger partial charge < -0.3 is 14.8 Å². The number of anilines is 1. The molecule has 0 aliphatic rings. The minimum absolute atomic E-state index is 0.165. The number of amides is 1. The third kappa shape index (κ3) is 6.68. The fourth-order valence-corrected chi connectivity index (χ4v) is 2.76. The molecule has 0 heterocycles. The second kappa shape index (κ2) is 10.3. The lowest BCUT2D eigenvalue weighted by molar-refractivity contribution is 0.102. The summed E-state index contributed by atoms with van der Waals surface area (Å²) in [6, 6.07) is 24.8. The topological polar surface area (TPSA) is 47.6 Å². The van der Waals surface area contributed by atoms with Crippen LogP contribution >= 0.6 is 0 Å². The molecular weight excluding hydrogens is 362 g/mol. The molecule has 4 heteroatoms. The van der Waals surface area contributed by atoms with Gasteiger partial charge in [0.2, 0.25) is 0 Å². The van der Waals surface area contributed by atoms with Gasteiger partial charge in [0.15, 0.2) is 0 Å². The lowest BCUT2D eigenvalue weighted by Gasteiger charge is -2.11. The van der Waals surface area contributed by atoms with Crippen LogP contribution < -0.4 is 14.8 Å². The molecule has 1 N–H and O–H groups in total. The van der Waals surface area contributed by atoms with E-state index < -0.39 is 0 Å². The van der Waals surface area contributed by atoms with Gasteiger partial charge in [0.1, 0.15) is 11.5 Å². The fraction of sp³-hybridized carbons (Fsp3) is 0.240. The van der Waals surface area contributed by atoms with Crippen molar-refractivity contribution in [2.24, 2.45) is 5.92 Å². The first kappa shape index (κ1) is 20.5. The lowest BCUT2D eigenvalue weighted by atomic mass is 10.1. The molecule has 0 aliphatic carbocycles. The quantitative estimate of drug-likeness (QED) is 0.518. The summed E-state index contributed by atoms with van der Waals surface area (Å²) >= 11 is 0. The zero-order valence-corrected chi connectivity index (χ0v) is 16.9. The number of hydrogen-bond donors (Lipinski definition) is 1. The van der Waals surface area contributed by atoms with E-state index in [1.54, 1.807) is 12.1 Å². The van der Waals surface area contributed by atoms with Gasteiger partial charge in [-0.1, -0.05) is 50.2 Å². The van der Waals surface area contributed by atoms with Gasteiger partial charge in [-0.15, -0.1) is 0 Å². The third-order valence-electron chi connectivity index (χ3n) is 4.29. The van der Waals surface area contributed by atoms with Crippen molar-refractivity contribution in [2.75, 3.05) is 18.5 Å². The van der Waals surface area contributed by atoms with Crippen molar-refractivity contribution in [1.82, 2.24) is 0 Å². The molecular formula is C25H27NO3. The van der Waals surface area contributed by atoms with Crippen LogP contribution in [0.3, 0.4) is 0 Å². The average Bonchev–Trinajstić information content (AvgIpc) is 2.74. The Balaban J connectivity index is 1.51. The molecule has 3 aromatic rings. The zero-order chi connectivity index (χ0) is 20.5. The number of hydrogen-bond acceptors (Lipinski definition) is 3. The van der Waals surface area contributed by atoms with Crippen LogP contribution in [0.1, 0.15) is 29.8 Å². The van der Waals surface area contributed by atoms with Crippen LogP contribution in [0.2, 0.25) is 0 Å². The molecule has 0 saturated heterocycles. The van der Waals surface area contributed by atoms with Crippen LogP contribution in [-0.4, -0.2) is 19.1 Å². The Morgan fingerprint density at radius 3 is 2.34 bits per heavy atom. The molecule has 1 amide bonds. The standard InChI is InChI=1S/C25H27NO3/c1-19(2)18-29-24-10-6-9-22(17-24)26-25(27)21-11-13-23(14-12-21)28-16-15-20-7-4-3-5-8-20/h3-14,17,19H,15-16,18H2,1-2H3,(H,26,27). The highest BCUT2D eigenvalue weighted by Gasteiger charge is 2.07. The molecule has 0 saturated carbocycles. The van der Waals surface area contributed by atoms with Gasteiger partial charge in [-0.05, 0) is 47.9 Å². The van der Waals surface area contributed by atoms with E-state index in [0.717, 1.165) is 17.9 Å². The Bertz CT molecular complexity index is 905. The molecule has 0 aromatic heterocycles. The number of ether oxygens (including phenoxy) is 2. The predicted octanol–water partition coefficient (Wildman–Crippen LogP) is 5.60. The number of benzene rings is 3. The van der Waals surface area contributed by atoms with Gasteiger partial charge in [0.05, 0.1) is 13.2 Å². The highest BCUT2D eigenvalue weighted by atomic mass is 16.5. The SMILES string of the molecule is CC(C)COc1cccc(NC(=O)c2ccc(OCCc3ccccc3)cc2)c1. The van der Waals surface area contributed by atoms with Gasteiger partial charge in [-0.25, -0.2) is 0 Å². The molecule has 0 spiro atoms. The van der Waals surface area contributed by atoms with Crippen molar-refractivity contribution in [1.29, 1.82) is 0 Å². The molecule has 0 fully saturated rings. The summed E-state index contributed by atoms with van der Waals surface area (Å²) in [6.45, 7) is 5.43. The van der Waals surface area contributed by atoms with Crippen molar-refractivity contribution in [3.63, 3.8) is 0 Å². The molecule has 0 aliphatic heterocycles. The van der Waals surface area contributed by atoms with Crippen LogP contribution in [0.25, 0.3) is 0 Å². The Morgan fingerprint density at radius 1 is 0.862 bits per heavy atom. The highest BCUT2D eigenvalue weighted by molar-refractivity contribution is 6.04. The molecule has 4 nitrogen and oxygen atoms in total. The van der Waals surface area contributed by atoms with E-state index in [-0.39, 0.29) is 5.91 Å². The van der Waals surface area contributed by atoms with Crippen molar-refractivity contribution in [3.8, 4) is 11.5 Å². The van der Waals surface area contributed by atoms with Crippen molar-refractivity contribution < 1.29 is 14.3 Å². The molecule has 150 valence electrons. The summed E-state index contributed by atoms with van der Waals surface area (Å²) in [5, 5.41) is 2.91. The average molecular weight is 389 g/mol. The third-order valence-corrected chi connectivity index (χ3v) is 4.29. The first-order valence-corrected chi connectivity index (χ1v) is 9.91. The second-order valence-electron chi connectivity index (χ2n) is 7.30. The number of carbonyl (C=O) groups excluding carboxylic acids is 1. The summed E-state index contributed by atoms with van der Waals surface area (Å²) in [4.78, 5) is 12.5. The zero-order valence-electron chi connectivity index (χ0n) is 16.9. The van der Waals surface area contributed by atoms with Crippen LogP contribution in [0, 0.1) is 5.92 Å². The maximum Gasteiger partial charge on any atom is 0.255 e. The summed E-state index contributed by atoms with van der Waals surface area (Å²) in [6.07, 6.45) is 0.846. The minimum atomic E-state index is -0.165. The first-order valence-electron chi connectivity index (χ1n) is 9.91. The number of nitrogens with one attached hydrogen (secondary N) is 1. The monoisotopic (exact) mass is 389 g/mol. The number of rotatable bonds is 9.